The van der Waals surface area contributed by atoms with Crippen LogP contribution in [0.15, 0.2) is 24.3 Å². The number of morpholine rings is 1. The molecule has 5 rings (SSSR count). The van der Waals surface area contributed by atoms with Crippen molar-refractivity contribution >= 4 is 28.3 Å². The quantitative estimate of drug-likeness (QED) is 0.512. The van der Waals surface area contributed by atoms with E-state index >= 15 is 0 Å². The number of aliphatic hydroxyl groups excluding tert-OH is 2. The number of rotatable bonds is 6. The van der Waals surface area contributed by atoms with Crippen molar-refractivity contribution in [3.05, 3.63) is 40.4 Å². The van der Waals surface area contributed by atoms with Gasteiger partial charge in [-0.2, -0.15) is 0 Å². The maximum atomic E-state index is 13.5. The van der Waals surface area contributed by atoms with Crippen LogP contribution in [0, 0.1) is 16.7 Å². The minimum atomic E-state index is -0.693. The van der Waals surface area contributed by atoms with Gasteiger partial charge in [0.2, 0.25) is 5.91 Å². The lowest BCUT2D eigenvalue weighted by Gasteiger charge is -2.58. The third kappa shape index (κ3) is 4.72. The first kappa shape index (κ1) is 27.1. The Hall–Kier alpha value is -2.53. The molecule has 0 bridgehead atoms. The molecule has 1 saturated heterocycles. The van der Waals surface area contributed by atoms with Crippen molar-refractivity contribution in [2.45, 2.75) is 51.6 Å². The number of aliphatic hydroxyl groups is 2. The SMILES string of the molecule is COc1ccc(C(=O)Nc2nc3c(s2)CC2C(C)(CO)C(O)CCC2(C)C3CC(=O)N2CCOCC2)cc1. The summed E-state index contributed by atoms with van der Waals surface area (Å²) in [5, 5.41) is 24.9. The van der Waals surface area contributed by atoms with Crippen LogP contribution < -0.4 is 10.1 Å². The van der Waals surface area contributed by atoms with Gasteiger partial charge in [0.1, 0.15) is 5.75 Å². The second kappa shape index (κ2) is 10.6. The Bertz CT molecular complexity index is 1180. The molecule has 5 atom stereocenters. The van der Waals surface area contributed by atoms with Gasteiger partial charge in [-0.05, 0) is 54.9 Å². The highest BCUT2D eigenvalue weighted by Crippen LogP contribution is 2.63. The third-order valence-electron chi connectivity index (χ3n) is 9.21. The summed E-state index contributed by atoms with van der Waals surface area (Å²) in [7, 11) is 1.58. The number of nitrogens with zero attached hydrogens (tertiary/aromatic N) is 2. The van der Waals surface area contributed by atoms with Gasteiger partial charge in [0, 0.05) is 41.3 Å². The Morgan fingerprint density at radius 3 is 2.61 bits per heavy atom. The van der Waals surface area contributed by atoms with E-state index in [1.54, 1.807) is 31.4 Å². The zero-order chi connectivity index (χ0) is 27.1. The van der Waals surface area contributed by atoms with Crippen LogP contribution >= 0.6 is 11.3 Å². The van der Waals surface area contributed by atoms with Crippen LogP contribution in [-0.2, 0) is 16.0 Å². The molecular formula is C28H37N3O6S. The molecule has 3 aliphatic rings. The van der Waals surface area contributed by atoms with Gasteiger partial charge in [-0.1, -0.05) is 13.8 Å². The predicted octanol–water partition coefficient (Wildman–Crippen LogP) is 3.07. The summed E-state index contributed by atoms with van der Waals surface area (Å²) in [6, 6.07) is 6.88. The first-order chi connectivity index (χ1) is 18.2. The molecule has 2 aliphatic carbocycles. The van der Waals surface area contributed by atoms with E-state index in [1.807, 2.05) is 11.8 Å². The smallest absolute Gasteiger partial charge is 0.257 e. The summed E-state index contributed by atoms with van der Waals surface area (Å²) in [6.45, 7) is 6.24. The topological polar surface area (TPSA) is 121 Å². The maximum Gasteiger partial charge on any atom is 0.257 e. The van der Waals surface area contributed by atoms with E-state index in [0.717, 1.165) is 17.0 Å². The lowest BCUT2D eigenvalue weighted by Crippen LogP contribution is -2.58. The van der Waals surface area contributed by atoms with E-state index in [9.17, 15) is 19.8 Å². The molecule has 1 aliphatic heterocycles. The normalized spacial score (nSPS) is 30.8. The van der Waals surface area contributed by atoms with Crippen LogP contribution in [0.25, 0.3) is 0 Å². The standard InChI is InChI=1S/C28H37N3O6S/c1-27-9-8-22(33)28(2,16-32)21(27)15-20-24(19(27)14-23(34)31-10-12-37-13-11-31)29-26(38-20)30-25(35)17-4-6-18(36-3)7-5-17/h4-7,19,21-22,32-33H,8-16H2,1-3H3,(H,29,30,35). The first-order valence-electron chi connectivity index (χ1n) is 13.3. The highest BCUT2D eigenvalue weighted by molar-refractivity contribution is 7.15. The molecule has 2 amide bonds. The van der Waals surface area contributed by atoms with E-state index in [0.29, 0.717) is 62.0 Å². The summed E-state index contributed by atoms with van der Waals surface area (Å²) in [5.74, 6) is 0.250. The summed E-state index contributed by atoms with van der Waals surface area (Å²) in [5.41, 5.74) is 0.324. The largest absolute Gasteiger partial charge is 0.497 e. The molecule has 9 nitrogen and oxygen atoms in total. The highest BCUT2D eigenvalue weighted by atomic mass is 32.1. The fourth-order valence-corrected chi connectivity index (χ4v) is 7.79. The highest BCUT2D eigenvalue weighted by Gasteiger charge is 2.59. The van der Waals surface area contributed by atoms with E-state index in [2.05, 4.69) is 12.2 Å². The molecule has 2 fully saturated rings. The van der Waals surface area contributed by atoms with Crippen LogP contribution in [0.5, 0.6) is 5.75 Å². The number of hydrogen-bond donors (Lipinski definition) is 3. The number of ether oxygens (including phenoxy) is 2. The lowest BCUT2D eigenvalue weighted by molar-refractivity contribution is -0.149. The molecule has 10 heteroatoms. The number of nitrogens with one attached hydrogen (secondary N) is 1. The molecule has 2 aromatic rings. The monoisotopic (exact) mass is 543 g/mol. The average Bonchev–Trinajstić information content (AvgIpc) is 3.34. The summed E-state index contributed by atoms with van der Waals surface area (Å²) < 4.78 is 10.6. The predicted molar refractivity (Wildman–Crippen MR) is 144 cm³/mol. The van der Waals surface area contributed by atoms with Gasteiger partial charge < -0.3 is 24.6 Å². The average molecular weight is 544 g/mol. The van der Waals surface area contributed by atoms with Crippen molar-refractivity contribution in [3.8, 4) is 5.75 Å². The molecular weight excluding hydrogens is 506 g/mol. The molecule has 2 heterocycles. The number of aromatic nitrogens is 1. The molecule has 3 N–H and O–H groups in total. The number of amides is 2. The van der Waals surface area contributed by atoms with Crippen molar-refractivity contribution in [2.24, 2.45) is 16.7 Å². The van der Waals surface area contributed by atoms with E-state index < -0.39 is 11.5 Å². The minimum Gasteiger partial charge on any atom is -0.497 e. The van der Waals surface area contributed by atoms with Crippen LogP contribution in [0.3, 0.4) is 0 Å². The summed E-state index contributed by atoms with van der Waals surface area (Å²) >= 11 is 1.42. The minimum absolute atomic E-state index is 0.0377. The van der Waals surface area contributed by atoms with E-state index in [1.165, 1.54) is 11.3 Å². The van der Waals surface area contributed by atoms with Crippen molar-refractivity contribution in [2.75, 3.05) is 45.3 Å². The van der Waals surface area contributed by atoms with Crippen LogP contribution in [0.1, 0.15) is 60.0 Å². The second-order valence-corrected chi connectivity index (χ2v) is 12.3. The maximum absolute atomic E-state index is 13.5. The van der Waals surface area contributed by atoms with Crippen LogP contribution in [0.2, 0.25) is 0 Å². The number of methoxy groups -OCH3 is 1. The number of carbonyl (C=O) groups excluding carboxylic acids is 2. The molecule has 1 saturated carbocycles. The van der Waals surface area contributed by atoms with Gasteiger partial charge in [0.25, 0.3) is 5.91 Å². The number of hydrogen-bond acceptors (Lipinski definition) is 8. The summed E-state index contributed by atoms with van der Waals surface area (Å²) in [4.78, 5) is 34.2. The van der Waals surface area contributed by atoms with E-state index in [-0.39, 0.29) is 35.7 Å². The van der Waals surface area contributed by atoms with Crippen molar-refractivity contribution in [1.82, 2.24) is 9.88 Å². The second-order valence-electron chi connectivity index (χ2n) is 11.2. The number of anilines is 1. The lowest BCUT2D eigenvalue weighted by atomic mass is 9.47. The van der Waals surface area contributed by atoms with Gasteiger partial charge in [0.05, 0.1) is 38.7 Å². The molecule has 5 unspecified atom stereocenters. The van der Waals surface area contributed by atoms with Gasteiger partial charge in [0.15, 0.2) is 5.13 Å². The Morgan fingerprint density at radius 2 is 1.95 bits per heavy atom. The molecule has 0 spiro atoms. The Morgan fingerprint density at radius 1 is 1.24 bits per heavy atom. The molecule has 0 radical (unpaired) electrons. The van der Waals surface area contributed by atoms with Crippen molar-refractivity contribution in [3.63, 3.8) is 0 Å². The first-order valence-corrected chi connectivity index (χ1v) is 14.1. The zero-order valence-electron chi connectivity index (χ0n) is 22.2. The number of carbonyl (C=O) groups is 2. The van der Waals surface area contributed by atoms with Gasteiger partial charge in [-0.15, -0.1) is 11.3 Å². The van der Waals surface area contributed by atoms with Gasteiger partial charge in [-0.25, -0.2) is 4.98 Å². The van der Waals surface area contributed by atoms with Crippen molar-refractivity contribution in [1.29, 1.82) is 0 Å². The Kier molecular flexibility index (Phi) is 7.52. The van der Waals surface area contributed by atoms with E-state index in [4.69, 9.17) is 14.5 Å². The number of fused-ring (bicyclic) bond motifs is 2. The summed E-state index contributed by atoms with van der Waals surface area (Å²) in [6.07, 6.45) is 1.61. The Balaban J connectivity index is 1.47. The molecule has 38 heavy (non-hydrogen) atoms. The van der Waals surface area contributed by atoms with Crippen molar-refractivity contribution < 1.29 is 29.3 Å². The van der Waals surface area contributed by atoms with Crippen LogP contribution in [-0.4, -0.2) is 78.0 Å². The zero-order valence-corrected chi connectivity index (χ0v) is 23.1. The van der Waals surface area contributed by atoms with Crippen LogP contribution in [0.4, 0.5) is 5.13 Å². The third-order valence-corrected chi connectivity index (χ3v) is 10.2. The van der Waals surface area contributed by atoms with Gasteiger partial charge in [-0.3, -0.25) is 14.9 Å². The molecule has 206 valence electrons. The van der Waals surface area contributed by atoms with Gasteiger partial charge >= 0.3 is 0 Å². The fraction of sp³-hybridized carbons (Fsp3) is 0.607. The molecule has 1 aromatic carbocycles. The number of benzene rings is 1. The Labute approximate surface area is 227 Å². The number of thiazole rings is 1. The molecule has 1 aromatic heterocycles. The fourth-order valence-electron chi connectivity index (χ4n) is 6.73.